The molecular formula is C12H20. The average molecular weight is 164 g/mol. The molecule has 0 aromatic carbocycles. The Morgan fingerprint density at radius 1 is 0.833 bits per heavy atom. The summed E-state index contributed by atoms with van der Waals surface area (Å²) in [4.78, 5) is 0. The number of allylic oxidation sites excluding steroid dienone is 2. The summed E-state index contributed by atoms with van der Waals surface area (Å²) in [5, 5.41) is 0. The molecule has 12 heavy (non-hydrogen) atoms. The highest BCUT2D eigenvalue weighted by atomic mass is 14.3. The summed E-state index contributed by atoms with van der Waals surface area (Å²) in [5.41, 5.74) is 0. The van der Waals surface area contributed by atoms with Crippen molar-refractivity contribution in [3.05, 3.63) is 12.2 Å². The van der Waals surface area contributed by atoms with Gasteiger partial charge in [-0.05, 0) is 43.9 Å². The van der Waals surface area contributed by atoms with E-state index in [1.54, 1.807) is 0 Å². The van der Waals surface area contributed by atoms with Gasteiger partial charge in [-0.3, -0.25) is 0 Å². The third-order valence-corrected chi connectivity index (χ3v) is 3.55. The molecular weight excluding hydrogens is 144 g/mol. The fraction of sp³-hybridized carbons (Fsp3) is 0.833. The van der Waals surface area contributed by atoms with Crippen molar-refractivity contribution >= 4 is 0 Å². The molecule has 0 N–H and O–H groups in total. The van der Waals surface area contributed by atoms with Gasteiger partial charge in [0, 0.05) is 0 Å². The van der Waals surface area contributed by atoms with Gasteiger partial charge in [0.15, 0.2) is 0 Å². The Labute approximate surface area is 76.1 Å². The lowest BCUT2D eigenvalue weighted by atomic mass is 9.76. The van der Waals surface area contributed by atoms with E-state index in [1.807, 2.05) is 0 Å². The van der Waals surface area contributed by atoms with Gasteiger partial charge in [0.2, 0.25) is 0 Å². The van der Waals surface area contributed by atoms with Gasteiger partial charge in [-0.1, -0.05) is 31.4 Å². The zero-order chi connectivity index (χ0) is 8.23. The molecule has 68 valence electrons. The van der Waals surface area contributed by atoms with Crippen LogP contribution in [0.1, 0.15) is 51.4 Å². The maximum absolute atomic E-state index is 2.50. The Kier molecular flexibility index (Phi) is 2.86. The topological polar surface area (TPSA) is 0 Å². The molecule has 0 amide bonds. The summed E-state index contributed by atoms with van der Waals surface area (Å²) in [6.07, 6.45) is 16.7. The second kappa shape index (κ2) is 4.11. The molecule has 0 heterocycles. The zero-order valence-corrected chi connectivity index (χ0v) is 7.97. The van der Waals surface area contributed by atoms with Gasteiger partial charge in [0.25, 0.3) is 0 Å². The smallest absolute Gasteiger partial charge is 0.0205 e. The third kappa shape index (κ3) is 1.91. The predicted octanol–water partition coefficient (Wildman–Crippen LogP) is 3.92. The van der Waals surface area contributed by atoms with Gasteiger partial charge in [-0.2, -0.15) is 0 Å². The second-order valence-electron chi connectivity index (χ2n) is 4.42. The van der Waals surface area contributed by atoms with E-state index in [4.69, 9.17) is 0 Å². The molecule has 0 bridgehead atoms. The summed E-state index contributed by atoms with van der Waals surface area (Å²) in [7, 11) is 0. The van der Waals surface area contributed by atoms with E-state index in [0.717, 1.165) is 11.8 Å². The van der Waals surface area contributed by atoms with E-state index in [2.05, 4.69) is 12.2 Å². The molecule has 0 heteroatoms. The van der Waals surface area contributed by atoms with Crippen molar-refractivity contribution in [1.29, 1.82) is 0 Å². The van der Waals surface area contributed by atoms with E-state index in [0.29, 0.717) is 0 Å². The minimum Gasteiger partial charge on any atom is -0.0882 e. The van der Waals surface area contributed by atoms with Crippen LogP contribution in [0.3, 0.4) is 0 Å². The van der Waals surface area contributed by atoms with Crippen LogP contribution in [-0.2, 0) is 0 Å². The Morgan fingerprint density at radius 3 is 2.33 bits per heavy atom. The molecule has 1 fully saturated rings. The van der Waals surface area contributed by atoms with Crippen LogP contribution in [0.25, 0.3) is 0 Å². The van der Waals surface area contributed by atoms with Crippen molar-refractivity contribution in [3.8, 4) is 0 Å². The average Bonchev–Trinajstić information content (AvgIpc) is 2.21. The van der Waals surface area contributed by atoms with Crippen LogP contribution in [0.2, 0.25) is 0 Å². The highest BCUT2D eigenvalue weighted by molar-refractivity contribution is 4.96. The van der Waals surface area contributed by atoms with Crippen LogP contribution in [-0.4, -0.2) is 0 Å². The maximum atomic E-state index is 2.50. The normalized spacial score (nSPS) is 32.2. The minimum absolute atomic E-state index is 0.957. The monoisotopic (exact) mass is 164 g/mol. The molecule has 1 saturated carbocycles. The lowest BCUT2D eigenvalue weighted by molar-refractivity contribution is 0.267. The molecule has 0 aromatic heterocycles. The van der Waals surface area contributed by atoms with Gasteiger partial charge in [0.1, 0.15) is 0 Å². The van der Waals surface area contributed by atoms with E-state index in [1.165, 1.54) is 51.4 Å². The number of hydrogen-bond acceptors (Lipinski definition) is 0. The first-order valence-electron chi connectivity index (χ1n) is 5.63. The molecule has 0 aliphatic heterocycles. The van der Waals surface area contributed by atoms with Crippen molar-refractivity contribution in [2.24, 2.45) is 11.8 Å². The molecule has 0 radical (unpaired) electrons. The van der Waals surface area contributed by atoms with Crippen LogP contribution in [0.4, 0.5) is 0 Å². The quantitative estimate of drug-likeness (QED) is 0.515. The van der Waals surface area contributed by atoms with Crippen molar-refractivity contribution in [2.45, 2.75) is 51.4 Å². The van der Waals surface area contributed by atoms with Crippen LogP contribution in [0.5, 0.6) is 0 Å². The molecule has 0 aromatic rings. The van der Waals surface area contributed by atoms with Gasteiger partial charge in [-0.25, -0.2) is 0 Å². The third-order valence-electron chi connectivity index (χ3n) is 3.55. The Bertz CT molecular complexity index is 151. The molecule has 1 atom stereocenters. The standard InChI is InChI=1S/C12H20/c1-3-7-11(8-4-1)12-9-5-2-6-10-12/h3,7,11-12H,1-2,4-6,8-10H2. The lowest BCUT2D eigenvalue weighted by Crippen LogP contribution is -2.17. The van der Waals surface area contributed by atoms with Gasteiger partial charge < -0.3 is 0 Å². The Balaban J connectivity index is 1.88. The van der Waals surface area contributed by atoms with Crippen LogP contribution < -0.4 is 0 Å². The molecule has 2 rings (SSSR count). The predicted molar refractivity (Wildman–Crippen MR) is 53.1 cm³/mol. The van der Waals surface area contributed by atoms with E-state index in [9.17, 15) is 0 Å². The molecule has 2 aliphatic rings. The summed E-state index contributed by atoms with van der Waals surface area (Å²) in [6.45, 7) is 0. The van der Waals surface area contributed by atoms with E-state index >= 15 is 0 Å². The molecule has 1 unspecified atom stereocenters. The first-order valence-corrected chi connectivity index (χ1v) is 5.63. The fourth-order valence-corrected chi connectivity index (χ4v) is 2.79. The second-order valence-corrected chi connectivity index (χ2v) is 4.42. The Hall–Kier alpha value is -0.260. The van der Waals surface area contributed by atoms with Crippen molar-refractivity contribution in [3.63, 3.8) is 0 Å². The molecule has 0 saturated heterocycles. The largest absolute Gasteiger partial charge is 0.0882 e. The summed E-state index contributed by atoms with van der Waals surface area (Å²) in [6, 6.07) is 0. The van der Waals surface area contributed by atoms with Crippen LogP contribution >= 0.6 is 0 Å². The van der Waals surface area contributed by atoms with E-state index < -0.39 is 0 Å². The first kappa shape index (κ1) is 8.34. The first-order chi connectivity index (χ1) is 5.97. The highest BCUT2D eigenvalue weighted by Gasteiger charge is 2.22. The lowest BCUT2D eigenvalue weighted by Gasteiger charge is -2.29. The minimum atomic E-state index is 0.957. The fourth-order valence-electron chi connectivity index (χ4n) is 2.79. The van der Waals surface area contributed by atoms with Crippen molar-refractivity contribution in [2.75, 3.05) is 0 Å². The van der Waals surface area contributed by atoms with Crippen LogP contribution in [0, 0.1) is 11.8 Å². The van der Waals surface area contributed by atoms with Crippen molar-refractivity contribution in [1.82, 2.24) is 0 Å². The van der Waals surface area contributed by atoms with Gasteiger partial charge in [-0.15, -0.1) is 0 Å². The van der Waals surface area contributed by atoms with Crippen molar-refractivity contribution < 1.29 is 0 Å². The number of rotatable bonds is 1. The van der Waals surface area contributed by atoms with Crippen LogP contribution in [0.15, 0.2) is 12.2 Å². The molecule has 0 spiro atoms. The summed E-state index contributed by atoms with van der Waals surface area (Å²) < 4.78 is 0. The van der Waals surface area contributed by atoms with Gasteiger partial charge in [0.05, 0.1) is 0 Å². The Morgan fingerprint density at radius 2 is 1.67 bits per heavy atom. The van der Waals surface area contributed by atoms with E-state index in [-0.39, 0.29) is 0 Å². The number of hydrogen-bond donors (Lipinski definition) is 0. The maximum Gasteiger partial charge on any atom is -0.0205 e. The highest BCUT2D eigenvalue weighted by Crippen LogP contribution is 2.35. The van der Waals surface area contributed by atoms with Gasteiger partial charge >= 0.3 is 0 Å². The molecule has 0 nitrogen and oxygen atoms in total. The SMILES string of the molecule is C1=CC(C2CCCCC2)CCC1. The zero-order valence-electron chi connectivity index (χ0n) is 7.97. The summed E-state index contributed by atoms with van der Waals surface area (Å²) >= 11 is 0. The summed E-state index contributed by atoms with van der Waals surface area (Å²) in [5.74, 6) is 2.01. The molecule has 2 aliphatic carbocycles.